The predicted octanol–water partition coefficient (Wildman–Crippen LogP) is 4.16. The molecule has 6 heteroatoms. The van der Waals surface area contributed by atoms with Gasteiger partial charge in [-0.15, -0.1) is 11.8 Å². The van der Waals surface area contributed by atoms with Crippen LogP contribution in [0.4, 0.5) is 10.1 Å². The van der Waals surface area contributed by atoms with E-state index < -0.39 is 11.8 Å². The van der Waals surface area contributed by atoms with Gasteiger partial charge in [-0.2, -0.15) is 0 Å². The number of carbonyl (C=O) groups is 1. The second-order valence-electron chi connectivity index (χ2n) is 4.10. The highest BCUT2D eigenvalue weighted by molar-refractivity contribution is 9.10. The fraction of sp³-hybridized carbons (Fsp3) is 0.0714. The average molecular weight is 356 g/mol. The number of carboxylic acids is 1. The highest BCUT2D eigenvalue weighted by Crippen LogP contribution is 2.31. The highest BCUT2D eigenvalue weighted by atomic mass is 79.9. The van der Waals surface area contributed by atoms with Gasteiger partial charge in [-0.05, 0) is 51.8 Å². The summed E-state index contributed by atoms with van der Waals surface area (Å²) in [6.07, 6.45) is 0. The summed E-state index contributed by atoms with van der Waals surface area (Å²) >= 11 is 4.93. The fourth-order valence-corrected chi connectivity index (χ4v) is 3.22. The van der Waals surface area contributed by atoms with Crippen LogP contribution in [0.15, 0.2) is 45.8 Å². The van der Waals surface area contributed by atoms with E-state index in [1.165, 1.54) is 23.9 Å². The Morgan fingerprint density at radius 3 is 2.65 bits per heavy atom. The van der Waals surface area contributed by atoms with Gasteiger partial charge >= 0.3 is 5.97 Å². The first-order chi connectivity index (χ1) is 9.47. The topological polar surface area (TPSA) is 63.3 Å². The molecule has 3 N–H and O–H groups in total. The number of benzene rings is 2. The van der Waals surface area contributed by atoms with Gasteiger partial charge in [0.15, 0.2) is 0 Å². The number of halogens is 2. The Morgan fingerprint density at radius 1 is 1.30 bits per heavy atom. The molecule has 104 valence electrons. The van der Waals surface area contributed by atoms with Crippen molar-refractivity contribution in [1.82, 2.24) is 0 Å². The van der Waals surface area contributed by atoms with E-state index in [-0.39, 0.29) is 5.56 Å². The molecule has 0 aromatic heterocycles. The van der Waals surface area contributed by atoms with Crippen molar-refractivity contribution < 1.29 is 14.3 Å². The number of hydrogen-bond donors (Lipinski definition) is 2. The van der Waals surface area contributed by atoms with E-state index in [1.807, 2.05) is 6.07 Å². The number of hydrogen-bond acceptors (Lipinski definition) is 3. The van der Waals surface area contributed by atoms with Gasteiger partial charge in [0, 0.05) is 20.8 Å². The van der Waals surface area contributed by atoms with Crippen molar-refractivity contribution in [3.05, 3.63) is 57.8 Å². The number of aromatic carboxylic acids is 1. The lowest BCUT2D eigenvalue weighted by atomic mass is 10.1. The van der Waals surface area contributed by atoms with Crippen molar-refractivity contribution in [3.63, 3.8) is 0 Å². The molecule has 2 aromatic carbocycles. The minimum Gasteiger partial charge on any atom is -0.478 e. The van der Waals surface area contributed by atoms with Crippen LogP contribution in [-0.4, -0.2) is 11.1 Å². The first-order valence-electron chi connectivity index (χ1n) is 5.67. The van der Waals surface area contributed by atoms with Crippen LogP contribution in [0.5, 0.6) is 0 Å². The quantitative estimate of drug-likeness (QED) is 0.638. The molecule has 0 aliphatic heterocycles. The van der Waals surface area contributed by atoms with Crippen LogP contribution >= 0.6 is 27.7 Å². The lowest BCUT2D eigenvalue weighted by Gasteiger charge is -2.06. The molecular formula is C14H11BrFNO2S. The van der Waals surface area contributed by atoms with Gasteiger partial charge in [-0.3, -0.25) is 0 Å². The third-order valence-electron chi connectivity index (χ3n) is 2.61. The van der Waals surface area contributed by atoms with Crippen molar-refractivity contribution >= 4 is 39.3 Å². The van der Waals surface area contributed by atoms with E-state index in [9.17, 15) is 9.18 Å². The van der Waals surface area contributed by atoms with Crippen LogP contribution in [-0.2, 0) is 5.75 Å². The first kappa shape index (κ1) is 14.9. The summed E-state index contributed by atoms with van der Waals surface area (Å²) in [4.78, 5) is 11.7. The summed E-state index contributed by atoms with van der Waals surface area (Å²) in [6.45, 7) is 0. The number of anilines is 1. The van der Waals surface area contributed by atoms with Gasteiger partial charge in [0.1, 0.15) is 5.82 Å². The maximum atomic E-state index is 13.5. The minimum absolute atomic E-state index is 0.313. The molecule has 2 rings (SSSR count). The molecule has 0 amide bonds. The molecule has 20 heavy (non-hydrogen) atoms. The number of thioether (sulfide) groups is 1. The summed E-state index contributed by atoms with van der Waals surface area (Å²) in [5, 5.41) is 8.76. The monoisotopic (exact) mass is 355 g/mol. The Balaban J connectivity index is 2.11. The highest BCUT2D eigenvalue weighted by Gasteiger charge is 2.10. The van der Waals surface area contributed by atoms with E-state index in [1.54, 1.807) is 18.2 Å². The Bertz CT molecular complexity index is 664. The average Bonchev–Trinajstić information content (AvgIpc) is 2.37. The Labute approximate surface area is 128 Å². The van der Waals surface area contributed by atoms with Crippen LogP contribution in [0.1, 0.15) is 15.9 Å². The van der Waals surface area contributed by atoms with Gasteiger partial charge in [0.2, 0.25) is 0 Å². The predicted molar refractivity (Wildman–Crippen MR) is 81.5 cm³/mol. The van der Waals surface area contributed by atoms with Crippen LogP contribution in [0.25, 0.3) is 0 Å². The maximum absolute atomic E-state index is 13.5. The van der Waals surface area contributed by atoms with Crippen molar-refractivity contribution in [3.8, 4) is 0 Å². The van der Waals surface area contributed by atoms with Crippen molar-refractivity contribution in [1.29, 1.82) is 0 Å². The van der Waals surface area contributed by atoms with Gasteiger partial charge in [-0.1, -0.05) is 6.07 Å². The molecule has 0 saturated carbocycles. The summed E-state index contributed by atoms with van der Waals surface area (Å²) in [7, 11) is 0. The molecule has 2 aromatic rings. The number of carboxylic acid groups (broad SMARTS) is 1. The third-order valence-corrected chi connectivity index (χ3v) is 4.68. The van der Waals surface area contributed by atoms with Crippen LogP contribution in [0.2, 0.25) is 0 Å². The molecule has 3 nitrogen and oxygen atoms in total. The molecule has 0 bridgehead atoms. The van der Waals surface area contributed by atoms with Gasteiger partial charge in [-0.25, -0.2) is 9.18 Å². The molecule has 0 unspecified atom stereocenters. The molecule has 0 radical (unpaired) electrons. The molecule has 0 aliphatic rings. The Kier molecular flexibility index (Phi) is 4.67. The Morgan fingerprint density at radius 2 is 2.05 bits per heavy atom. The molecule has 0 spiro atoms. The minimum atomic E-state index is -1.26. The Hall–Kier alpha value is -1.53. The molecule has 0 aliphatic carbocycles. The molecule has 0 saturated heterocycles. The largest absolute Gasteiger partial charge is 0.478 e. The number of rotatable bonds is 4. The smallest absolute Gasteiger partial charge is 0.338 e. The third kappa shape index (κ3) is 3.52. The van der Waals surface area contributed by atoms with Crippen LogP contribution in [0, 0.1) is 5.82 Å². The zero-order chi connectivity index (χ0) is 14.7. The lowest BCUT2D eigenvalue weighted by molar-refractivity contribution is 0.0692. The normalized spacial score (nSPS) is 10.5. The van der Waals surface area contributed by atoms with E-state index >= 15 is 0 Å². The number of nitrogens with two attached hydrogens (primary N) is 1. The van der Waals surface area contributed by atoms with E-state index in [4.69, 9.17) is 10.8 Å². The molecule has 0 atom stereocenters. The van der Waals surface area contributed by atoms with Crippen LogP contribution < -0.4 is 5.73 Å². The van der Waals surface area contributed by atoms with E-state index in [2.05, 4.69) is 15.9 Å². The SMILES string of the molecule is Nc1ccc(SCc2ccc(C(=O)O)c(F)c2)c(Br)c1. The summed E-state index contributed by atoms with van der Waals surface area (Å²) in [5.74, 6) is -1.44. The van der Waals surface area contributed by atoms with Crippen molar-refractivity contribution in [2.75, 3.05) is 5.73 Å². The zero-order valence-corrected chi connectivity index (χ0v) is 12.7. The lowest BCUT2D eigenvalue weighted by Crippen LogP contribution is -2.00. The van der Waals surface area contributed by atoms with Crippen molar-refractivity contribution in [2.45, 2.75) is 10.6 Å². The maximum Gasteiger partial charge on any atom is 0.338 e. The molecule has 0 fully saturated rings. The molecular weight excluding hydrogens is 345 g/mol. The fourth-order valence-electron chi connectivity index (χ4n) is 1.62. The van der Waals surface area contributed by atoms with E-state index in [0.29, 0.717) is 11.4 Å². The van der Waals surface area contributed by atoms with Crippen LogP contribution in [0.3, 0.4) is 0 Å². The van der Waals surface area contributed by atoms with E-state index in [0.717, 1.165) is 14.9 Å². The van der Waals surface area contributed by atoms with Gasteiger partial charge < -0.3 is 10.8 Å². The summed E-state index contributed by atoms with van der Waals surface area (Å²) < 4.78 is 14.4. The van der Waals surface area contributed by atoms with Crippen molar-refractivity contribution in [2.24, 2.45) is 0 Å². The standard InChI is InChI=1S/C14H11BrFNO2S/c15-11-6-9(17)2-4-13(11)20-7-8-1-3-10(14(18)19)12(16)5-8/h1-6H,7,17H2,(H,18,19). The summed E-state index contributed by atoms with van der Waals surface area (Å²) in [6, 6.07) is 9.63. The zero-order valence-electron chi connectivity index (χ0n) is 10.3. The molecule has 0 heterocycles. The van der Waals surface area contributed by atoms with Gasteiger partial charge in [0.25, 0.3) is 0 Å². The van der Waals surface area contributed by atoms with Gasteiger partial charge in [0.05, 0.1) is 5.56 Å². The first-order valence-corrected chi connectivity index (χ1v) is 7.45. The number of nitrogen functional groups attached to an aromatic ring is 1. The second kappa shape index (κ2) is 6.28. The second-order valence-corrected chi connectivity index (χ2v) is 5.97. The summed E-state index contributed by atoms with van der Waals surface area (Å²) in [5.41, 5.74) is 6.73.